The van der Waals surface area contributed by atoms with E-state index in [1.54, 1.807) is 10.8 Å². The van der Waals surface area contributed by atoms with Gasteiger partial charge in [0.25, 0.3) is 0 Å². The van der Waals surface area contributed by atoms with E-state index in [2.05, 4.69) is 25.6 Å². The Labute approximate surface area is 181 Å². The predicted octanol–water partition coefficient (Wildman–Crippen LogP) is 3.66. The van der Waals surface area contributed by atoms with Crippen molar-refractivity contribution >= 4 is 28.7 Å². The Balaban J connectivity index is 1.55. The first-order chi connectivity index (χ1) is 15.5. The van der Waals surface area contributed by atoms with Crippen LogP contribution in [-0.2, 0) is 4.74 Å². The Morgan fingerprint density at radius 1 is 1.03 bits per heavy atom. The normalized spacial score (nSPS) is 23.6. The molecular formula is C21H23F3N6O2. The molecule has 1 atom stereocenters. The molecular weight excluding hydrogens is 425 g/mol. The third kappa shape index (κ3) is 4.09. The van der Waals surface area contributed by atoms with Gasteiger partial charge in [-0.25, -0.2) is 23.1 Å². The number of aromatic nitrogens is 4. The standard InChI is InChI=1S/C21H23F3N6O2/c22-11-7-15(23)18(16(24)8-11)28-21-27-17-9-25-20(26-12-5-6-32-10-12)29-19(17)30(21)13-1-3-14(31)4-2-13/h7-9,12-14,31H,1-6,10H2,(H,27,28)(H,25,26,29)/t12-,13?,14?/m0/s1. The molecule has 2 fully saturated rings. The fourth-order valence-electron chi connectivity index (χ4n) is 4.32. The van der Waals surface area contributed by atoms with E-state index >= 15 is 0 Å². The van der Waals surface area contributed by atoms with Gasteiger partial charge in [-0.2, -0.15) is 4.98 Å². The van der Waals surface area contributed by atoms with Crippen molar-refractivity contribution in [2.75, 3.05) is 23.8 Å². The van der Waals surface area contributed by atoms with Crippen molar-refractivity contribution in [1.82, 2.24) is 19.5 Å². The number of anilines is 3. The number of hydrogen-bond donors (Lipinski definition) is 3. The van der Waals surface area contributed by atoms with Gasteiger partial charge in [0.05, 0.1) is 24.9 Å². The highest BCUT2D eigenvalue weighted by molar-refractivity contribution is 5.76. The van der Waals surface area contributed by atoms with Crippen LogP contribution in [0.25, 0.3) is 11.2 Å². The summed E-state index contributed by atoms with van der Waals surface area (Å²) in [5.41, 5.74) is 0.469. The number of hydrogen-bond acceptors (Lipinski definition) is 7. The molecule has 2 aliphatic rings. The molecule has 0 amide bonds. The first-order valence-electron chi connectivity index (χ1n) is 10.7. The molecule has 5 rings (SSSR count). The van der Waals surface area contributed by atoms with Gasteiger partial charge < -0.3 is 20.5 Å². The fourth-order valence-corrected chi connectivity index (χ4v) is 4.32. The Hall–Kier alpha value is -2.92. The van der Waals surface area contributed by atoms with E-state index in [-0.39, 0.29) is 24.1 Å². The summed E-state index contributed by atoms with van der Waals surface area (Å²) in [4.78, 5) is 13.4. The Bertz CT molecular complexity index is 1100. The SMILES string of the molecule is OC1CCC(n2c(Nc3c(F)cc(F)cc3F)nc3cnc(N[C@H]4CCOC4)nc32)CC1. The number of fused-ring (bicyclic) bond motifs is 1. The molecule has 2 aromatic heterocycles. The minimum atomic E-state index is -1.06. The fraction of sp³-hybridized carbons (Fsp3) is 0.476. The minimum absolute atomic E-state index is 0.0879. The van der Waals surface area contributed by atoms with E-state index in [9.17, 15) is 18.3 Å². The highest BCUT2D eigenvalue weighted by atomic mass is 19.1. The summed E-state index contributed by atoms with van der Waals surface area (Å²) in [7, 11) is 0. The molecule has 1 aliphatic heterocycles. The van der Waals surface area contributed by atoms with E-state index in [0.29, 0.717) is 68.1 Å². The minimum Gasteiger partial charge on any atom is -0.393 e. The van der Waals surface area contributed by atoms with Gasteiger partial charge in [-0.1, -0.05) is 0 Å². The number of imidazole rings is 1. The molecule has 0 bridgehead atoms. The maximum Gasteiger partial charge on any atom is 0.225 e. The lowest BCUT2D eigenvalue weighted by Gasteiger charge is -2.28. The summed E-state index contributed by atoms with van der Waals surface area (Å²) in [6, 6.07) is 1.24. The number of halogens is 3. The van der Waals surface area contributed by atoms with E-state index < -0.39 is 23.1 Å². The summed E-state index contributed by atoms with van der Waals surface area (Å²) < 4.78 is 49.1. The van der Waals surface area contributed by atoms with Gasteiger partial charge in [0, 0.05) is 24.8 Å². The van der Waals surface area contributed by atoms with Crippen molar-refractivity contribution in [1.29, 1.82) is 0 Å². The predicted molar refractivity (Wildman–Crippen MR) is 111 cm³/mol. The van der Waals surface area contributed by atoms with Crippen LogP contribution in [0.4, 0.5) is 30.8 Å². The molecule has 170 valence electrons. The molecule has 1 aromatic carbocycles. The molecule has 8 nitrogen and oxygen atoms in total. The molecule has 0 unspecified atom stereocenters. The van der Waals surface area contributed by atoms with Gasteiger partial charge in [-0.3, -0.25) is 4.57 Å². The molecule has 1 aliphatic carbocycles. The topological polar surface area (TPSA) is 97.1 Å². The second-order valence-electron chi connectivity index (χ2n) is 8.24. The van der Waals surface area contributed by atoms with Gasteiger partial charge >= 0.3 is 0 Å². The number of nitrogens with zero attached hydrogens (tertiary/aromatic N) is 4. The zero-order chi connectivity index (χ0) is 22.2. The number of ether oxygens (including phenoxy) is 1. The van der Waals surface area contributed by atoms with E-state index in [4.69, 9.17) is 4.74 Å². The van der Waals surface area contributed by atoms with Crippen molar-refractivity contribution in [3.8, 4) is 0 Å². The second kappa shape index (κ2) is 8.55. The Kier molecular flexibility index (Phi) is 5.60. The maximum absolute atomic E-state index is 14.3. The molecule has 0 radical (unpaired) electrons. The summed E-state index contributed by atoms with van der Waals surface area (Å²) in [6.07, 6.45) is 4.52. The lowest BCUT2D eigenvalue weighted by Crippen LogP contribution is -2.23. The molecule has 11 heteroatoms. The molecule has 3 N–H and O–H groups in total. The Morgan fingerprint density at radius 2 is 1.78 bits per heavy atom. The number of aliphatic hydroxyl groups excluding tert-OH is 1. The highest BCUT2D eigenvalue weighted by Gasteiger charge is 2.27. The molecule has 32 heavy (non-hydrogen) atoms. The average molecular weight is 448 g/mol. The summed E-state index contributed by atoms with van der Waals surface area (Å²) in [6.45, 7) is 1.24. The zero-order valence-corrected chi connectivity index (χ0v) is 17.2. The Morgan fingerprint density at radius 3 is 2.47 bits per heavy atom. The van der Waals surface area contributed by atoms with Gasteiger partial charge in [-0.05, 0) is 32.1 Å². The summed E-state index contributed by atoms with van der Waals surface area (Å²) >= 11 is 0. The lowest BCUT2D eigenvalue weighted by atomic mass is 9.93. The van der Waals surface area contributed by atoms with Crippen LogP contribution in [0.3, 0.4) is 0 Å². The molecule has 3 heterocycles. The number of rotatable bonds is 5. The molecule has 3 aromatic rings. The van der Waals surface area contributed by atoms with Crippen LogP contribution < -0.4 is 10.6 Å². The van der Waals surface area contributed by atoms with Crippen LogP contribution in [-0.4, -0.2) is 50.0 Å². The van der Waals surface area contributed by atoms with Gasteiger partial charge in [0.2, 0.25) is 11.9 Å². The number of aliphatic hydroxyl groups is 1. The van der Waals surface area contributed by atoms with E-state index in [1.807, 2.05) is 0 Å². The van der Waals surface area contributed by atoms with E-state index in [1.165, 1.54) is 0 Å². The third-order valence-corrected chi connectivity index (χ3v) is 5.97. The van der Waals surface area contributed by atoms with Crippen molar-refractivity contribution in [3.63, 3.8) is 0 Å². The van der Waals surface area contributed by atoms with Crippen molar-refractivity contribution in [2.24, 2.45) is 0 Å². The van der Waals surface area contributed by atoms with Crippen LogP contribution in [0.15, 0.2) is 18.3 Å². The first kappa shape index (κ1) is 21.0. The maximum atomic E-state index is 14.3. The van der Waals surface area contributed by atoms with Gasteiger partial charge in [0.1, 0.15) is 17.0 Å². The van der Waals surface area contributed by atoms with Crippen molar-refractivity contribution in [2.45, 2.75) is 50.3 Å². The monoisotopic (exact) mass is 448 g/mol. The average Bonchev–Trinajstić information content (AvgIpc) is 3.39. The van der Waals surface area contributed by atoms with Crippen molar-refractivity contribution < 1.29 is 23.0 Å². The van der Waals surface area contributed by atoms with Crippen LogP contribution >= 0.6 is 0 Å². The third-order valence-electron chi connectivity index (χ3n) is 5.97. The second-order valence-corrected chi connectivity index (χ2v) is 8.24. The highest BCUT2D eigenvalue weighted by Crippen LogP contribution is 2.35. The van der Waals surface area contributed by atoms with Gasteiger partial charge in [0.15, 0.2) is 17.3 Å². The molecule has 1 saturated carbocycles. The summed E-state index contributed by atoms with van der Waals surface area (Å²) in [5, 5.41) is 15.9. The van der Waals surface area contributed by atoms with Crippen LogP contribution in [0.5, 0.6) is 0 Å². The van der Waals surface area contributed by atoms with E-state index in [0.717, 1.165) is 6.42 Å². The lowest BCUT2D eigenvalue weighted by molar-refractivity contribution is 0.112. The molecule has 1 saturated heterocycles. The van der Waals surface area contributed by atoms with Crippen molar-refractivity contribution in [3.05, 3.63) is 35.8 Å². The number of nitrogens with one attached hydrogen (secondary N) is 2. The largest absolute Gasteiger partial charge is 0.393 e. The zero-order valence-electron chi connectivity index (χ0n) is 17.2. The van der Waals surface area contributed by atoms with Crippen LogP contribution in [0.1, 0.15) is 38.1 Å². The quantitative estimate of drug-likeness (QED) is 0.548. The smallest absolute Gasteiger partial charge is 0.225 e. The van der Waals surface area contributed by atoms with Crippen LogP contribution in [0.2, 0.25) is 0 Å². The summed E-state index contributed by atoms with van der Waals surface area (Å²) in [5.74, 6) is -2.53. The first-order valence-corrected chi connectivity index (χ1v) is 10.7. The van der Waals surface area contributed by atoms with Gasteiger partial charge in [-0.15, -0.1) is 0 Å². The molecule has 0 spiro atoms. The number of benzene rings is 1. The van der Waals surface area contributed by atoms with Crippen LogP contribution in [0, 0.1) is 17.5 Å².